The van der Waals surface area contributed by atoms with Crippen molar-refractivity contribution in [3.05, 3.63) is 64.0 Å². The summed E-state index contributed by atoms with van der Waals surface area (Å²) in [6, 6.07) is 2.38. The number of benzene rings is 1. The largest absolute Gasteiger partial charge is 0.443 e. The summed E-state index contributed by atoms with van der Waals surface area (Å²) < 4.78 is 73.4. The van der Waals surface area contributed by atoms with Gasteiger partial charge in [0.05, 0.1) is 21.7 Å². The second kappa shape index (κ2) is 11.3. The fraction of sp³-hybridized carbons (Fsp3) is 0.385. The lowest BCUT2D eigenvalue weighted by atomic mass is 9.95. The van der Waals surface area contributed by atoms with Crippen molar-refractivity contribution in [3.8, 4) is 0 Å². The molecule has 2 aliphatic heterocycles. The van der Waals surface area contributed by atoms with Crippen LogP contribution in [0.5, 0.6) is 0 Å². The first-order chi connectivity index (χ1) is 19.1. The normalized spacial score (nSPS) is 15.3. The molecule has 1 aromatic heterocycles. The Kier molecular flexibility index (Phi) is 8.32. The third-order valence-electron chi connectivity index (χ3n) is 6.51. The van der Waals surface area contributed by atoms with Gasteiger partial charge in [0, 0.05) is 37.8 Å². The Morgan fingerprint density at radius 3 is 2.17 bits per heavy atom. The number of rotatable bonds is 5. The van der Waals surface area contributed by atoms with Crippen molar-refractivity contribution in [2.75, 3.05) is 31.5 Å². The number of ether oxygens (including phenoxy) is 1. The maximum Gasteiger partial charge on any atom is 0.417 e. The van der Waals surface area contributed by atoms with Gasteiger partial charge in [-0.1, -0.05) is 20.8 Å². The summed E-state index contributed by atoms with van der Waals surface area (Å²) in [7, 11) is 0. The molecule has 4 rings (SSSR count). The number of aromatic nitrogens is 1. The average Bonchev–Trinajstić information content (AvgIpc) is 3.47. The number of halogens is 5. The van der Waals surface area contributed by atoms with Crippen molar-refractivity contribution in [1.29, 1.82) is 0 Å². The molecule has 9 nitrogen and oxygen atoms in total. The molecule has 15 heteroatoms. The molecule has 0 unspecified atom stereocenters. The van der Waals surface area contributed by atoms with E-state index in [1.807, 2.05) is 0 Å². The van der Waals surface area contributed by atoms with Gasteiger partial charge in [-0.2, -0.15) is 13.2 Å². The number of hydrogen-bond donors (Lipinski definition) is 2. The molecular formula is C26H26F5N5O4S. The highest BCUT2D eigenvalue weighted by Crippen LogP contribution is 2.33. The number of pyridine rings is 1. The van der Waals surface area contributed by atoms with Gasteiger partial charge in [0.2, 0.25) is 5.91 Å². The zero-order valence-corrected chi connectivity index (χ0v) is 23.0. The lowest BCUT2D eigenvalue weighted by Gasteiger charge is -2.23. The molecule has 0 saturated carbocycles. The second-order valence-electron chi connectivity index (χ2n) is 10.6. The van der Waals surface area contributed by atoms with Crippen LogP contribution in [-0.2, 0) is 22.3 Å². The van der Waals surface area contributed by atoms with Crippen molar-refractivity contribution in [2.24, 2.45) is 10.6 Å². The number of nitrogens with zero attached hydrogens (tertiary/aromatic N) is 3. The zero-order valence-electron chi connectivity index (χ0n) is 22.2. The van der Waals surface area contributed by atoms with Crippen molar-refractivity contribution in [1.82, 2.24) is 14.8 Å². The number of nitrogens with two attached hydrogens (primary N) is 1. The maximum absolute atomic E-state index is 14.4. The smallest absolute Gasteiger partial charge is 0.417 e. The van der Waals surface area contributed by atoms with Gasteiger partial charge in [-0.25, -0.2) is 13.6 Å². The van der Waals surface area contributed by atoms with E-state index in [9.17, 15) is 36.3 Å². The lowest BCUT2D eigenvalue weighted by Crippen LogP contribution is -2.37. The highest BCUT2D eigenvalue weighted by atomic mass is 32.2. The summed E-state index contributed by atoms with van der Waals surface area (Å²) >= 11 is 0.522. The molecule has 220 valence electrons. The molecule has 0 bridgehead atoms. The summed E-state index contributed by atoms with van der Waals surface area (Å²) in [6.45, 7) is 4.64. The first-order valence-electron chi connectivity index (χ1n) is 12.2. The highest BCUT2D eigenvalue weighted by Gasteiger charge is 2.36. The van der Waals surface area contributed by atoms with E-state index in [4.69, 9.17) is 9.88 Å². The molecule has 1 aromatic carbocycles. The quantitative estimate of drug-likeness (QED) is 0.290. The number of hydrogen-bond acceptors (Lipinski definition) is 7. The number of amides is 3. The predicted octanol–water partition coefficient (Wildman–Crippen LogP) is 4.73. The van der Waals surface area contributed by atoms with E-state index in [-0.39, 0.29) is 42.5 Å². The number of anilines is 1. The van der Waals surface area contributed by atoms with Crippen LogP contribution in [0.1, 0.15) is 42.4 Å². The summed E-state index contributed by atoms with van der Waals surface area (Å²) in [4.78, 5) is 44.3. The Morgan fingerprint density at radius 2 is 1.61 bits per heavy atom. The Labute approximate surface area is 236 Å². The minimum absolute atomic E-state index is 0.0752. The van der Waals surface area contributed by atoms with Crippen molar-refractivity contribution in [2.45, 2.75) is 38.4 Å². The van der Waals surface area contributed by atoms with E-state index < -0.39 is 58.9 Å². The van der Waals surface area contributed by atoms with Gasteiger partial charge in [-0.3, -0.25) is 19.7 Å². The molecule has 2 aliphatic rings. The molecular weight excluding hydrogens is 573 g/mol. The number of nitrogens with one attached hydrogen (secondary N) is 1. The molecule has 3 heterocycles. The number of carbonyl (C=O) groups excluding carboxylic acids is 3. The van der Waals surface area contributed by atoms with Crippen LogP contribution in [0.25, 0.3) is 0 Å². The van der Waals surface area contributed by atoms with Crippen LogP contribution in [0.15, 0.2) is 40.4 Å². The summed E-state index contributed by atoms with van der Waals surface area (Å²) in [5, 5.41) is 7.71. The first-order valence-corrected chi connectivity index (χ1v) is 13.1. The SMILES string of the molecule is CC(C)(C)C(=O)Nc1cc(C(F)(F)F)cnc1COC(=O)N1CC2=C(C1)CN(C(=O)c1cc(F)c(SN)cc1F)C2. The Hall–Kier alpha value is -3.72. The van der Waals surface area contributed by atoms with Crippen molar-refractivity contribution >= 4 is 35.5 Å². The summed E-state index contributed by atoms with van der Waals surface area (Å²) in [6.07, 6.45) is -4.90. The van der Waals surface area contributed by atoms with E-state index in [2.05, 4.69) is 10.3 Å². The summed E-state index contributed by atoms with van der Waals surface area (Å²) in [5.41, 5.74) is -1.26. The molecule has 3 amide bonds. The molecule has 0 fully saturated rings. The molecule has 0 saturated heterocycles. The van der Waals surface area contributed by atoms with Gasteiger partial charge in [-0.15, -0.1) is 0 Å². The van der Waals surface area contributed by atoms with Gasteiger partial charge >= 0.3 is 12.3 Å². The molecule has 3 N–H and O–H groups in total. The fourth-order valence-corrected chi connectivity index (χ4v) is 4.55. The van der Waals surface area contributed by atoms with Crippen LogP contribution < -0.4 is 10.5 Å². The van der Waals surface area contributed by atoms with Crippen LogP contribution in [-0.4, -0.2) is 58.9 Å². The molecule has 0 aliphatic carbocycles. The second-order valence-corrected chi connectivity index (χ2v) is 11.3. The van der Waals surface area contributed by atoms with Crippen LogP contribution in [0, 0.1) is 17.0 Å². The molecule has 2 aromatic rings. The fourth-order valence-electron chi connectivity index (χ4n) is 4.21. The average molecular weight is 600 g/mol. The lowest BCUT2D eigenvalue weighted by molar-refractivity contribution is -0.137. The zero-order chi connectivity index (χ0) is 30.3. The van der Waals surface area contributed by atoms with E-state index in [0.29, 0.717) is 18.1 Å². The van der Waals surface area contributed by atoms with Gasteiger partial charge in [0.15, 0.2) is 0 Å². The number of alkyl halides is 3. The van der Waals surface area contributed by atoms with Gasteiger partial charge in [-0.05, 0) is 41.3 Å². The van der Waals surface area contributed by atoms with E-state index in [0.717, 1.165) is 29.3 Å². The Balaban J connectivity index is 1.38. The van der Waals surface area contributed by atoms with Gasteiger partial charge in [0.1, 0.15) is 23.9 Å². The van der Waals surface area contributed by atoms with Crippen molar-refractivity contribution in [3.63, 3.8) is 0 Å². The first kappa shape index (κ1) is 30.2. The minimum atomic E-state index is -4.70. The third-order valence-corrected chi connectivity index (χ3v) is 7.08. The molecule has 41 heavy (non-hydrogen) atoms. The summed E-state index contributed by atoms with van der Waals surface area (Å²) in [5.74, 6) is -2.99. The third kappa shape index (κ3) is 6.62. The Bertz CT molecular complexity index is 1420. The van der Waals surface area contributed by atoms with E-state index in [1.54, 1.807) is 20.8 Å². The Morgan fingerprint density at radius 1 is 1.00 bits per heavy atom. The molecule has 0 radical (unpaired) electrons. The van der Waals surface area contributed by atoms with E-state index in [1.165, 1.54) is 9.80 Å². The van der Waals surface area contributed by atoms with Crippen LogP contribution in [0.3, 0.4) is 0 Å². The molecule has 0 atom stereocenters. The van der Waals surface area contributed by atoms with Crippen LogP contribution in [0.4, 0.5) is 32.4 Å². The highest BCUT2D eigenvalue weighted by molar-refractivity contribution is 7.97. The topological polar surface area (TPSA) is 118 Å². The van der Waals surface area contributed by atoms with Gasteiger partial charge in [0.25, 0.3) is 5.91 Å². The van der Waals surface area contributed by atoms with E-state index >= 15 is 0 Å². The minimum Gasteiger partial charge on any atom is -0.443 e. The predicted molar refractivity (Wildman–Crippen MR) is 138 cm³/mol. The number of carbonyl (C=O) groups is 3. The van der Waals surface area contributed by atoms with Gasteiger partial charge < -0.3 is 19.9 Å². The van der Waals surface area contributed by atoms with Crippen LogP contribution in [0.2, 0.25) is 0 Å². The van der Waals surface area contributed by atoms with Crippen LogP contribution >= 0.6 is 11.9 Å². The monoisotopic (exact) mass is 599 g/mol. The standard InChI is InChI=1S/C26H26F5N5O4S/c1-25(2,3)23(38)34-19-4-15(26(29,30)31)7-33-20(19)12-40-24(39)36-10-13-8-35(9-14(13)11-36)22(37)16-5-18(28)21(41-32)6-17(16)27/h4-7H,8-12,32H2,1-3H3,(H,34,38). The molecule has 0 spiro atoms. The maximum atomic E-state index is 14.4. The van der Waals surface area contributed by atoms with Crippen molar-refractivity contribution < 1.29 is 41.1 Å².